The number of amides is 1. The van der Waals surface area contributed by atoms with Crippen molar-refractivity contribution in [3.05, 3.63) is 82.5 Å². The van der Waals surface area contributed by atoms with Crippen LogP contribution >= 0.6 is 0 Å². The molecule has 26 heavy (non-hydrogen) atoms. The van der Waals surface area contributed by atoms with Gasteiger partial charge in [0.05, 0.1) is 5.69 Å². The van der Waals surface area contributed by atoms with Crippen LogP contribution < -0.4 is 10.9 Å². The molecular weight excluding hydrogens is 335 g/mol. The molecule has 6 nitrogen and oxygen atoms in total. The van der Waals surface area contributed by atoms with Crippen LogP contribution in [-0.2, 0) is 11.3 Å². The lowest BCUT2D eigenvalue weighted by Crippen LogP contribution is -2.30. The number of rotatable bonds is 4. The predicted molar refractivity (Wildman–Crippen MR) is 93.7 cm³/mol. The molecule has 0 aliphatic heterocycles. The number of nitriles is 1. The first-order valence-electron chi connectivity index (χ1n) is 7.69. The molecule has 0 spiro atoms. The standard InChI is InChI=1S/C19H13FN4O2/c20-15-7-4-13(5-8-15)16-9-6-14(11-21)19(26)24(16)12-18(25)23-17-3-1-2-10-22-17/h1-10H,12H2,(H,22,23,25). The van der Waals surface area contributed by atoms with Gasteiger partial charge in [-0.3, -0.25) is 14.2 Å². The SMILES string of the molecule is N#Cc1ccc(-c2ccc(F)cc2)n(CC(=O)Nc2ccccn2)c1=O. The van der Waals surface area contributed by atoms with Crippen molar-refractivity contribution in [2.24, 2.45) is 0 Å². The quantitative estimate of drug-likeness (QED) is 0.785. The van der Waals surface area contributed by atoms with Crippen LogP contribution in [0.4, 0.5) is 10.2 Å². The highest BCUT2D eigenvalue weighted by atomic mass is 19.1. The number of carbonyl (C=O) groups excluding carboxylic acids is 1. The summed E-state index contributed by atoms with van der Waals surface area (Å²) >= 11 is 0. The lowest BCUT2D eigenvalue weighted by molar-refractivity contribution is -0.116. The number of halogens is 1. The van der Waals surface area contributed by atoms with E-state index in [0.29, 0.717) is 17.1 Å². The predicted octanol–water partition coefficient (Wildman–Crippen LogP) is 2.56. The number of anilines is 1. The molecule has 0 aliphatic carbocycles. The number of carbonyl (C=O) groups is 1. The van der Waals surface area contributed by atoms with Crippen LogP contribution in [0.5, 0.6) is 0 Å². The fraction of sp³-hybridized carbons (Fsp3) is 0.0526. The molecule has 0 radical (unpaired) electrons. The molecule has 7 heteroatoms. The highest BCUT2D eigenvalue weighted by Crippen LogP contribution is 2.19. The van der Waals surface area contributed by atoms with Gasteiger partial charge in [-0.15, -0.1) is 0 Å². The molecule has 3 rings (SSSR count). The van der Waals surface area contributed by atoms with Gasteiger partial charge < -0.3 is 5.32 Å². The van der Waals surface area contributed by atoms with E-state index in [4.69, 9.17) is 5.26 Å². The summed E-state index contributed by atoms with van der Waals surface area (Å²) < 4.78 is 14.4. The van der Waals surface area contributed by atoms with Crippen LogP contribution in [0.2, 0.25) is 0 Å². The first-order valence-corrected chi connectivity index (χ1v) is 7.69. The second-order valence-electron chi connectivity index (χ2n) is 5.41. The van der Waals surface area contributed by atoms with Crippen molar-refractivity contribution in [3.63, 3.8) is 0 Å². The molecule has 0 aliphatic rings. The highest BCUT2D eigenvalue weighted by molar-refractivity contribution is 5.89. The highest BCUT2D eigenvalue weighted by Gasteiger charge is 2.14. The second kappa shape index (κ2) is 7.40. The molecule has 0 atom stereocenters. The third-order valence-electron chi connectivity index (χ3n) is 3.67. The third kappa shape index (κ3) is 3.65. The molecule has 0 unspecified atom stereocenters. The Kier molecular flexibility index (Phi) is 4.85. The van der Waals surface area contributed by atoms with E-state index in [9.17, 15) is 14.0 Å². The Labute approximate surface area is 148 Å². The molecule has 1 N–H and O–H groups in total. The van der Waals surface area contributed by atoms with Crippen molar-refractivity contribution in [2.45, 2.75) is 6.54 Å². The first-order chi connectivity index (χ1) is 12.6. The normalized spacial score (nSPS) is 10.2. The van der Waals surface area contributed by atoms with Crippen LogP contribution in [0, 0.1) is 17.1 Å². The average molecular weight is 348 g/mol. The maximum Gasteiger partial charge on any atom is 0.269 e. The summed E-state index contributed by atoms with van der Waals surface area (Å²) in [6, 6.07) is 15.3. The Morgan fingerprint density at radius 3 is 2.58 bits per heavy atom. The molecule has 1 amide bonds. The molecule has 0 saturated heterocycles. The Morgan fingerprint density at radius 1 is 1.15 bits per heavy atom. The zero-order chi connectivity index (χ0) is 18.5. The minimum atomic E-state index is -0.592. The number of hydrogen-bond donors (Lipinski definition) is 1. The van der Waals surface area contributed by atoms with E-state index in [0.717, 1.165) is 0 Å². The summed E-state index contributed by atoms with van der Waals surface area (Å²) in [5, 5.41) is 11.7. The van der Waals surface area contributed by atoms with Crippen molar-refractivity contribution < 1.29 is 9.18 Å². The smallest absolute Gasteiger partial charge is 0.269 e. The molecular formula is C19H13FN4O2. The number of nitrogens with one attached hydrogen (secondary N) is 1. The second-order valence-corrected chi connectivity index (χ2v) is 5.41. The lowest BCUT2D eigenvalue weighted by atomic mass is 10.1. The van der Waals surface area contributed by atoms with E-state index in [-0.39, 0.29) is 12.1 Å². The molecule has 128 valence electrons. The Morgan fingerprint density at radius 2 is 1.92 bits per heavy atom. The number of benzene rings is 1. The van der Waals surface area contributed by atoms with E-state index in [1.165, 1.54) is 41.1 Å². The monoisotopic (exact) mass is 348 g/mol. The molecule has 0 bridgehead atoms. The molecule has 0 fully saturated rings. The van der Waals surface area contributed by atoms with Crippen molar-refractivity contribution in [1.29, 1.82) is 5.26 Å². The largest absolute Gasteiger partial charge is 0.309 e. The summed E-state index contributed by atoms with van der Waals surface area (Å²) in [6.07, 6.45) is 1.53. The number of hydrogen-bond acceptors (Lipinski definition) is 4. The maximum atomic E-state index is 13.2. The minimum absolute atomic E-state index is 0.0819. The van der Waals surface area contributed by atoms with Crippen molar-refractivity contribution >= 4 is 11.7 Å². The number of pyridine rings is 2. The van der Waals surface area contributed by atoms with Gasteiger partial charge in [-0.05, 0) is 54.1 Å². The van der Waals surface area contributed by atoms with Crippen LogP contribution in [-0.4, -0.2) is 15.5 Å². The van der Waals surface area contributed by atoms with Gasteiger partial charge in [-0.2, -0.15) is 5.26 Å². The van der Waals surface area contributed by atoms with Gasteiger partial charge in [0, 0.05) is 6.20 Å². The summed E-state index contributed by atoms with van der Waals surface area (Å²) in [4.78, 5) is 28.8. The summed E-state index contributed by atoms with van der Waals surface area (Å²) in [6.45, 7) is -0.308. The van der Waals surface area contributed by atoms with Crippen LogP contribution in [0.25, 0.3) is 11.3 Å². The van der Waals surface area contributed by atoms with Gasteiger partial charge in [-0.1, -0.05) is 6.07 Å². The van der Waals surface area contributed by atoms with E-state index >= 15 is 0 Å². The van der Waals surface area contributed by atoms with Gasteiger partial charge in [0.1, 0.15) is 29.8 Å². The first kappa shape index (κ1) is 17.0. The van der Waals surface area contributed by atoms with Crippen LogP contribution in [0.3, 0.4) is 0 Å². The van der Waals surface area contributed by atoms with Crippen LogP contribution in [0.1, 0.15) is 5.56 Å². The Balaban J connectivity index is 1.98. The van der Waals surface area contributed by atoms with Gasteiger partial charge in [0.15, 0.2) is 0 Å². The summed E-state index contributed by atoms with van der Waals surface area (Å²) in [7, 11) is 0. The van der Waals surface area contributed by atoms with Crippen molar-refractivity contribution in [3.8, 4) is 17.3 Å². The van der Waals surface area contributed by atoms with Gasteiger partial charge in [0.25, 0.3) is 5.56 Å². The van der Waals surface area contributed by atoms with E-state index in [1.54, 1.807) is 24.3 Å². The van der Waals surface area contributed by atoms with Crippen LogP contribution in [0.15, 0.2) is 65.6 Å². The minimum Gasteiger partial charge on any atom is -0.309 e. The average Bonchev–Trinajstić information content (AvgIpc) is 2.65. The fourth-order valence-corrected chi connectivity index (χ4v) is 2.46. The van der Waals surface area contributed by atoms with Crippen molar-refractivity contribution in [2.75, 3.05) is 5.32 Å². The molecule has 2 aromatic heterocycles. The van der Waals surface area contributed by atoms with Gasteiger partial charge in [0.2, 0.25) is 5.91 Å². The maximum absolute atomic E-state index is 13.2. The molecule has 1 aromatic carbocycles. The third-order valence-corrected chi connectivity index (χ3v) is 3.67. The lowest BCUT2D eigenvalue weighted by Gasteiger charge is -2.13. The summed E-state index contributed by atoms with van der Waals surface area (Å²) in [5.41, 5.74) is 0.288. The van der Waals surface area contributed by atoms with E-state index < -0.39 is 17.3 Å². The van der Waals surface area contributed by atoms with E-state index in [1.807, 2.05) is 6.07 Å². The van der Waals surface area contributed by atoms with Gasteiger partial charge in [-0.25, -0.2) is 9.37 Å². The van der Waals surface area contributed by atoms with Crippen molar-refractivity contribution in [1.82, 2.24) is 9.55 Å². The topological polar surface area (TPSA) is 87.8 Å². The van der Waals surface area contributed by atoms with E-state index in [2.05, 4.69) is 10.3 Å². The Bertz CT molecular complexity index is 1040. The zero-order valence-corrected chi connectivity index (χ0v) is 13.5. The number of nitrogens with zero attached hydrogens (tertiary/aromatic N) is 3. The molecule has 0 saturated carbocycles. The molecule has 2 heterocycles. The fourth-order valence-electron chi connectivity index (χ4n) is 2.46. The van der Waals surface area contributed by atoms with Gasteiger partial charge >= 0.3 is 0 Å². The zero-order valence-electron chi connectivity index (χ0n) is 13.5. The summed E-state index contributed by atoms with van der Waals surface area (Å²) in [5.74, 6) is -0.529. The molecule has 3 aromatic rings. The number of aromatic nitrogens is 2. The Hall–Kier alpha value is -3.79.